The van der Waals surface area contributed by atoms with Crippen LogP contribution in [0.3, 0.4) is 0 Å². The molecule has 3 rings (SSSR count). The Morgan fingerprint density at radius 2 is 1.79 bits per heavy atom. The minimum absolute atomic E-state index is 0.0877. The second kappa shape index (κ2) is 5.16. The summed E-state index contributed by atoms with van der Waals surface area (Å²) in [5.74, 6) is 0.0877. The van der Waals surface area contributed by atoms with Gasteiger partial charge in [0.2, 0.25) is 0 Å². The summed E-state index contributed by atoms with van der Waals surface area (Å²) in [5, 5.41) is 11.7. The van der Waals surface area contributed by atoms with Crippen LogP contribution in [0.5, 0.6) is 0 Å². The summed E-state index contributed by atoms with van der Waals surface area (Å²) in [5.41, 5.74) is 3.33. The molecular formula is C16H14Cl2O. The predicted octanol–water partition coefficient (Wildman–Crippen LogP) is 4.76. The van der Waals surface area contributed by atoms with Gasteiger partial charge in [-0.15, -0.1) is 0 Å². The van der Waals surface area contributed by atoms with Gasteiger partial charge in [-0.1, -0.05) is 53.5 Å². The molecule has 0 amide bonds. The number of halogens is 2. The minimum Gasteiger partial charge on any atom is -0.388 e. The van der Waals surface area contributed by atoms with Gasteiger partial charge >= 0.3 is 0 Å². The van der Waals surface area contributed by atoms with Gasteiger partial charge in [0.1, 0.15) is 0 Å². The van der Waals surface area contributed by atoms with E-state index in [1.807, 2.05) is 30.3 Å². The molecule has 0 fully saturated rings. The van der Waals surface area contributed by atoms with Crippen LogP contribution in [0.15, 0.2) is 42.5 Å². The Morgan fingerprint density at radius 1 is 1.00 bits per heavy atom. The maximum Gasteiger partial charge on any atom is 0.0861 e. The number of rotatable bonds is 1. The van der Waals surface area contributed by atoms with E-state index in [2.05, 4.69) is 6.07 Å². The molecule has 0 unspecified atom stereocenters. The first kappa shape index (κ1) is 13.0. The summed E-state index contributed by atoms with van der Waals surface area (Å²) >= 11 is 12.0. The Kier molecular flexibility index (Phi) is 3.53. The molecule has 19 heavy (non-hydrogen) atoms. The molecule has 1 aliphatic rings. The van der Waals surface area contributed by atoms with Crippen molar-refractivity contribution < 1.29 is 5.11 Å². The average molecular weight is 293 g/mol. The summed E-state index contributed by atoms with van der Waals surface area (Å²) in [6.07, 6.45) is 1.44. The highest BCUT2D eigenvalue weighted by Gasteiger charge is 2.28. The molecule has 0 aliphatic heterocycles. The highest BCUT2D eigenvalue weighted by atomic mass is 35.5. The van der Waals surface area contributed by atoms with E-state index in [-0.39, 0.29) is 5.92 Å². The van der Waals surface area contributed by atoms with Crippen molar-refractivity contribution >= 4 is 23.2 Å². The molecule has 0 heterocycles. The number of aliphatic hydroxyl groups excluding tert-OH is 1. The van der Waals surface area contributed by atoms with E-state index in [0.29, 0.717) is 10.0 Å². The van der Waals surface area contributed by atoms with Crippen molar-refractivity contribution in [3.05, 3.63) is 69.2 Å². The summed E-state index contributed by atoms with van der Waals surface area (Å²) in [4.78, 5) is 0. The highest BCUT2D eigenvalue weighted by Crippen LogP contribution is 2.41. The molecule has 2 atom stereocenters. The third kappa shape index (κ3) is 2.38. The molecule has 3 heteroatoms. The Hall–Kier alpha value is -1.02. The van der Waals surface area contributed by atoms with Gasteiger partial charge in [-0.05, 0) is 41.7 Å². The fraction of sp³-hybridized carbons (Fsp3) is 0.250. The van der Waals surface area contributed by atoms with Crippen LogP contribution in [0, 0.1) is 0 Å². The van der Waals surface area contributed by atoms with Crippen molar-refractivity contribution in [3.63, 3.8) is 0 Å². The molecule has 0 radical (unpaired) electrons. The zero-order valence-corrected chi connectivity index (χ0v) is 11.8. The standard InChI is InChI=1S/C16H14Cl2O/c17-14-8-6-11(9-15(14)18)13-7-5-10-3-1-2-4-12(10)16(13)19/h1-4,6,8-9,13,16,19H,5,7H2/t13-,16+/m1/s1. The maximum absolute atomic E-state index is 10.6. The smallest absolute Gasteiger partial charge is 0.0861 e. The Bertz CT molecular complexity index is 609. The van der Waals surface area contributed by atoms with Crippen LogP contribution in [-0.2, 0) is 6.42 Å². The van der Waals surface area contributed by atoms with Crippen LogP contribution in [0.25, 0.3) is 0 Å². The molecule has 0 bridgehead atoms. The lowest BCUT2D eigenvalue weighted by Crippen LogP contribution is -2.18. The number of aryl methyl sites for hydroxylation is 1. The molecule has 2 aromatic carbocycles. The largest absolute Gasteiger partial charge is 0.388 e. The fourth-order valence-corrected chi connectivity index (χ4v) is 3.13. The van der Waals surface area contributed by atoms with Crippen molar-refractivity contribution in [1.29, 1.82) is 0 Å². The van der Waals surface area contributed by atoms with Crippen LogP contribution < -0.4 is 0 Å². The van der Waals surface area contributed by atoms with Crippen molar-refractivity contribution in [1.82, 2.24) is 0 Å². The first-order valence-corrected chi connectivity index (χ1v) is 7.13. The second-order valence-corrected chi connectivity index (χ2v) is 5.78. The van der Waals surface area contributed by atoms with E-state index in [9.17, 15) is 5.11 Å². The SMILES string of the molecule is O[C@H]1c2ccccc2CC[C@@H]1c1ccc(Cl)c(Cl)c1. The number of hydrogen-bond acceptors (Lipinski definition) is 1. The summed E-state index contributed by atoms with van der Waals surface area (Å²) in [6.45, 7) is 0. The fourth-order valence-electron chi connectivity index (χ4n) is 2.83. The molecule has 0 saturated carbocycles. The van der Waals surface area contributed by atoms with Gasteiger partial charge in [-0.25, -0.2) is 0 Å². The first-order chi connectivity index (χ1) is 9.16. The highest BCUT2D eigenvalue weighted by molar-refractivity contribution is 6.42. The second-order valence-electron chi connectivity index (χ2n) is 4.96. The lowest BCUT2D eigenvalue weighted by molar-refractivity contribution is 0.131. The van der Waals surface area contributed by atoms with E-state index >= 15 is 0 Å². The average Bonchev–Trinajstić information content (AvgIpc) is 2.43. The van der Waals surface area contributed by atoms with Crippen molar-refractivity contribution in [3.8, 4) is 0 Å². The summed E-state index contributed by atoms with van der Waals surface area (Å²) < 4.78 is 0. The van der Waals surface area contributed by atoms with Crippen molar-refractivity contribution in [2.45, 2.75) is 24.9 Å². The predicted molar refractivity (Wildman–Crippen MR) is 78.9 cm³/mol. The van der Waals surface area contributed by atoms with Gasteiger partial charge in [-0.2, -0.15) is 0 Å². The van der Waals surface area contributed by atoms with E-state index in [4.69, 9.17) is 23.2 Å². The van der Waals surface area contributed by atoms with Crippen LogP contribution in [0.1, 0.15) is 35.1 Å². The van der Waals surface area contributed by atoms with Crippen LogP contribution in [0.4, 0.5) is 0 Å². The molecule has 1 nitrogen and oxygen atoms in total. The van der Waals surface area contributed by atoms with Gasteiger partial charge in [0.25, 0.3) is 0 Å². The van der Waals surface area contributed by atoms with Gasteiger partial charge in [0.15, 0.2) is 0 Å². The van der Waals surface area contributed by atoms with Crippen LogP contribution in [0.2, 0.25) is 10.0 Å². The Labute approximate surface area is 122 Å². The van der Waals surface area contributed by atoms with Crippen LogP contribution in [-0.4, -0.2) is 5.11 Å². The number of fused-ring (bicyclic) bond motifs is 1. The topological polar surface area (TPSA) is 20.2 Å². The van der Waals surface area contributed by atoms with Gasteiger partial charge < -0.3 is 5.11 Å². The van der Waals surface area contributed by atoms with E-state index in [0.717, 1.165) is 24.0 Å². The lowest BCUT2D eigenvalue weighted by Gasteiger charge is -2.30. The van der Waals surface area contributed by atoms with E-state index < -0.39 is 6.10 Å². The Balaban J connectivity index is 1.97. The van der Waals surface area contributed by atoms with Crippen LogP contribution >= 0.6 is 23.2 Å². The van der Waals surface area contributed by atoms with Gasteiger partial charge in [0.05, 0.1) is 16.1 Å². The van der Waals surface area contributed by atoms with Crippen molar-refractivity contribution in [2.75, 3.05) is 0 Å². The molecule has 1 N–H and O–H groups in total. The monoisotopic (exact) mass is 292 g/mol. The first-order valence-electron chi connectivity index (χ1n) is 6.37. The zero-order chi connectivity index (χ0) is 13.4. The molecular weight excluding hydrogens is 279 g/mol. The normalized spacial score (nSPS) is 22.1. The van der Waals surface area contributed by atoms with E-state index in [1.54, 1.807) is 6.07 Å². The molecule has 0 spiro atoms. The number of hydrogen-bond donors (Lipinski definition) is 1. The number of benzene rings is 2. The maximum atomic E-state index is 10.6. The molecule has 1 aliphatic carbocycles. The number of aliphatic hydroxyl groups is 1. The molecule has 0 saturated heterocycles. The molecule has 2 aromatic rings. The summed E-state index contributed by atoms with van der Waals surface area (Å²) in [7, 11) is 0. The van der Waals surface area contributed by atoms with Gasteiger partial charge in [0, 0.05) is 5.92 Å². The Morgan fingerprint density at radius 3 is 2.58 bits per heavy atom. The zero-order valence-electron chi connectivity index (χ0n) is 10.3. The minimum atomic E-state index is -0.470. The lowest BCUT2D eigenvalue weighted by atomic mass is 9.78. The summed E-state index contributed by atoms with van der Waals surface area (Å²) in [6, 6.07) is 13.7. The van der Waals surface area contributed by atoms with Gasteiger partial charge in [-0.3, -0.25) is 0 Å². The van der Waals surface area contributed by atoms with Crippen molar-refractivity contribution in [2.24, 2.45) is 0 Å². The molecule has 98 valence electrons. The third-order valence-electron chi connectivity index (χ3n) is 3.85. The quantitative estimate of drug-likeness (QED) is 0.804. The third-order valence-corrected chi connectivity index (χ3v) is 4.59. The molecule has 0 aromatic heterocycles. The van der Waals surface area contributed by atoms with E-state index in [1.165, 1.54) is 5.56 Å².